The van der Waals surface area contributed by atoms with Crippen LogP contribution in [0.3, 0.4) is 0 Å². The van der Waals surface area contributed by atoms with Crippen LogP contribution in [0.25, 0.3) is 0 Å². The van der Waals surface area contributed by atoms with Crippen molar-refractivity contribution < 1.29 is 4.70 Å². The molecule has 15 heavy (non-hydrogen) atoms. The molecular weight excluding hydrogens is 203 g/mol. The van der Waals surface area contributed by atoms with E-state index in [-0.39, 0.29) is 4.70 Å². The summed E-state index contributed by atoms with van der Waals surface area (Å²) in [6, 6.07) is 21.5. The zero-order valence-electron chi connectivity index (χ0n) is 8.76. The zero-order chi connectivity index (χ0) is 9.80. The lowest BCUT2D eigenvalue weighted by Crippen LogP contribution is -1.99. The molecule has 2 rings (SSSR count). The Labute approximate surface area is 92.8 Å². The van der Waals surface area contributed by atoms with Gasteiger partial charge in [-0.25, -0.2) is 0 Å². The summed E-state index contributed by atoms with van der Waals surface area (Å²) in [6.45, 7) is 0. The molecule has 0 heterocycles. The second kappa shape index (κ2) is 5.46. The van der Waals surface area contributed by atoms with E-state index in [4.69, 9.17) is 0 Å². The Morgan fingerprint density at radius 2 is 1.00 bits per heavy atom. The lowest BCUT2D eigenvalue weighted by Gasteiger charge is -2.11. The molecule has 0 aliphatic rings. The largest absolute Gasteiger partial charge is 0.269 e. The molecule has 0 aliphatic heterocycles. The first-order chi connectivity index (χ1) is 6.88. The highest BCUT2D eigenvalue weighted by Gasteiger charge is 2.05. The van der Waals surface area contributed by atoms with Crippen LogP contribution in [0.15, 0.2) is 60.7 Å². The SMILES string of the molecule is F.[SiH3]C(c1ccccc1)c1ccccc1. The molecule has 0 bridgehead atoms. The molecule has 2 heteroatoms. The first-order valence-corrected chi connectivity index (χ1v) is 6.13. The van der Waals surface area contributed by atoms with E-state index in [1.54, 1.807) is 0 Å². The smallest absolute Gasteiger partial charge is 0.0178 e. The topological polar surface area (TPSA) is 0 Å². The average Bonchev–Trinajstić information content (AvgIpc) is 2.30. The second-order valence-corrected chi connectivity index (χ2v) is 4.70. The maximum atomic E-state index is 2.21. The minimum atomic E-state index is 0. The van der Waals surface area contributed by atoms with Crippen LogP contribution in [-0.2, 0) is 0 Å². The monoisotopic (exact) mass is 218 g/mol. The van der Waals surface area contributed by atoms with Crippen LogP contribution in [0.5, 0.6) is 0 Å². The zero-order valence-corrected chi connectivity index (χ0v) is 10.8. The summed E-state index contributed by atoms with van der Waals surface area (Å²) >= 11 is 0. The van der Waals surface area contributed by atoms with E-state index in [1.807, 2.05) is 0 Å². The minimum Gasteiger partial charge on any atom is -0.269 e. The van der Waals surface area contributed by atoms with E-state index in [0.29, 0.717) is 5.54 Å². The van der Waals surface area contributed by atoms with Gasteiger partial charge in [0.05, 0.1) is 0 Å². The third kappa shape index (κ3) is 2.77. The Morgan fingerprint density at radius 1 is 0.667 bits per heavy atom. The summed E-state index contributed by atoms with van der Waals surface area (Å²) < 4.78 is 0. The second-order valence-electron chi connectivity index (χ2n) is 3.54. The van der Waals surface area contributed by atoms with E-state index in [0.717, 1.165) is 10.2 Å². The Morgan fingerprint density at radius 3 is 1.33 bits per heavy atom. The first-order valence-electron chi connectivity index (χ1n) is 4.98. The number of hydrogen-bond acceptors (Lipinski definition) is 0. The highest BCUT2D eigenvalue weighted by Crippen LogP contribution is 2.20. The number of halogens is 1. The van der Waals surface area contributed by atoms with Gasteiger partial charge in [0.2, 0.25) is 0 Å². The molecule has 0 amide bonds. The van der Waals surface area contributed by atoms with Gasteiger partial charge in [-0.05, 0) is 16.7 Å². The van der Waals surface area contributed by atoms with Crippen molar-refractivity contribution in [3.63, 3.8) is 0 Å². The van der Waals surface area contributed by atoms with Crippen LogP contribution < -0.4 is 0 Å². The summed E-state index contributed by atoms with van der Waals surface area (Å²) in [7, 11) is 1.16. The number of hydrogen-bond donors (Lipinski definition) is 0. The van der Waals surface area contributed by atoms with Crippen molar-refractivity contribution in [2.75, 3.05) is 0 Å². The van der Waals surface area contributed by atoms with E-state index < -0.39 is 0 Å². The first kappa shape index (κ1) is 11.7. The van der Waals surface area contributed by atoms with Gasteiger partial charge in [-0.2, -0.15) is 0 Å². The van der Waals surface area contributed by atoms with Gasteiger partial charge in [-0.3, -0.25) is 4.70 Å². The van der Waals surface area contributed by atoms with Crippen molar-refractivity contribution in [1.82, 2.24) is 0 Å². The van der Waals surface area contributed by atoms with E-state index >= 15 is 0 Å². The molecule has 0 aromatic heterocycles. The van der Waals surface area contributed by atoms with Crippen molar-refractivity contribution in [3.8, 4) is 0 Å². The van der Waals surface area contributed by atoms with Crippen LogP contribution in [-0.4, -0.2) is 10.2 Å². The molecule has 78 valence electrons. The van der Waals surface area contributed by atoms with Gasteiger partial charge in [0, 0.05) is 10.2 Å². The van der Waals surface area contributed by atoms with Gasteiger partial charge in [0.15, 0.2) is 0 Å². The summed E-state index contributed by atoms with van der Waals surface area (Å²) in [5.74, 6) is 0. The van der Waals surface area contributed by atoms with Gasteiger partial charge in [0.25, 0.3) is 0 Å². The fourth-order valence-electron chi connectivity index (χ4n) is 1.68. The maximum Gasteiger partial charge on any atom is 0.0178 e. The summed E-state index contributed by atoms with van der Waals surface area (Å²) in [5.41, 5.74) is 3.49. The molecule has 2 aromatic carbocycles. The van der Waals surface area contributed by atoms with Crippen LogP contribution in [0.4, 0.5) is 4.70 Å². The maximum absolute atomic E-state index is 2.21. The molecular formula is C13H15FSi. The highest BCUT2D eigenvalue weighted by molar-refractivity contribution is 6.14. The minimum absolute atomic E-state index is 0. The standard InChI is InChI=1S/C13H14Si.FH/c14-13(11-7-3-1-4-8-11)12-9-5-2-6-10-12;/h1-10,13H,14H3;1H. The van der Waals surface area contributed by atoms with Crippen LogP contribution >= 0.6 is 0 Å². The van der Waals surface area contributed by atoms with Crippen LogP contribution in [0.2, 0.25) is 0 Å². The van der Waals surface area contributed by atoms with E-state index in [2.05, 4.69) is 60.7 Å². The van der Waals surface area contributed by atoms with Crippen LogP contribution in [0, 0.1) is 0 Å². The van der Waals surface area contributed by atoms with Crippen molar-refractivity contribution >= 4 is 10.2 Å². The fourth-order valence-corrected chi connectivity index (χ4v) is 2.45. The Bertz CT molecular complexity index is 346. The summed E-state index contributed by atoms with van der Waals surface area (Å²) in [5, 5.41) is 0. The molecule has 0 spiro atoms. The van der Waals surface area contributed by atoms with Gasteiger partial charge >= 0.3 is 0 Å². The molecule has 0 saturated heterocycles. The van der Waals surface area contributed by atoms with E-state index in [1.165, 1.54) is 11.1 Å². The van der Waals surface area contributed by atoms with Crippen molar-refractivity contribution in [1.29, 1.82) is 0 Å². The van der Waals surface area contributed by atoms with Gasteiger partial charge in [0.1, 0.15) is 0 Å². The summed E-state index contributed by atoms with van der Waals surface area (Å²) in [4.78, 5) is 0. The van der Waals surface area contributed by atoms with Crippen molar-refractivity contribution in [2.24, 2.45) is 0 Å². The third-order valence-corrected chi connectivity index (χ3v) is 3.93. The van der Waals surface area contributed by atoms with Gasteiger partial charge in [-0.15, -0.1) is 0 Å². The van der Waals surface area contributed by atoms with Crippen LogP contribution in [0.1, 0.15) is 16.7 Å². The molecule has 0 aliphatic carbocycles. The van der Waals surface area contributed by atoms with Crippen molar-refractivity contribution in [3.05, 3.63) is 71.8 Å². The normalized spacial score (nSPS) is 9.93. The van der Waals surface area contributed by atoms with Crippen molar-refractivity contribution in [2.45, 2.75) is 5.54 Å². The predicted molar refractivity (Wildman–Crippen MR) is 67.2 cm³/mol. The highest BCUT2D eigenvalue weighted by atomic mass is 28.1. The molecule has 0 unspecified atom stereocenters. The third-order valence-electron chi connectivity index (χ3n) is 2.60. The number of benzene rings is 2. The molecule has 0 radical (unpaired) electrons. The molecule has 2 aromatic rings. The van der Waals surface area contributed by atoms with Gasteiger partial charge < -0.3 is 0 Å². The lowest BCUT2D eigenvalue weighted by molar-refractivity contribution is 1.11. The molecule has 0 fully saturated rings. The fraction of sp³-hybridized carbons (Fsp3) is 0.0769. The molecule has 0 nitrogen and oxygen atoms in total. The van der Waals surface area contributed by atoms with E-state index in [9.17, 15) is 0 Å². The molecule has 0 saturated carbocycles. The molecule has 0 N–H and O–H groups in total. The molecule has 0 atom stereocenters. The average molecular weight is 218 g/mol. The Balaban J connectivity index is 0.00000112. The Kier molecular flexibility index (Phi) is 4.25. The predicted octanol–water partition coefficient (Wildman–Crippen LogP) is 2.29. The Hall–Kier alpha value is -1.41. The number of rotatable bonds is 2. The van der Waals surface area contributed by atoms with Gasteiger partial charge in [-0.1, -0.05) is 60.7 Å². The quantitative estimate of drug-likeness (QED) is 0.679. The summed E-state index contributed by atoms with van der Waals surface area (Å²) in [6.07, 6.45) is 0. The lowest BCUT2D eigenvalue weighted by atomic mass is 10.0.